The summed E-state index contributed by atoms with van der Waals surface area (Å²) < 4.78 is 18.2. The number of piperidine rings is 1. The lowest BCUT2D eigenvalue weighted by Gasteiger charge is -2.31. The van der Waals surface area contributed by atoms with Gasteiger partial charge in [0.1, 0.15) is 11.9 Å². The molecule has 1 aliphatic heterocycles. The van der Waals surface area contributed by atoms with E-state index in [-0.39, 0.29) is 35.4 Å². The number of hydrogen-bond acceptors (Lipinski definition) is 5. The molecule has 1 atom stereocenters. The summed E-state index contributed by atoms with van der Waals surface area (Å²) in [7, 11) is 1.56. The Morgan fingerprint density at radius 1 is 1.27 bits per heavy atom. The van der Waals surface area contributed by atoms with E-state index in [9.17, 15) is 19.2 Å². The van der Waals surface area contributed by atoms with Gasteiger partial charge in [0.05, 0.1) is 18.7 Å². The van der Waals surface area contributed by atoms with Crippen LogP contribution in [-0.2, 0) is 20.1 Å². The molecule has 1 aromatic carbocycles. The Hall–Kier alpha value is -3.85. The Kier molecular flexibility index (Phi) is 6.06. The van der Waals surface area contributed by atoms with Crippen molar-refractivity contribution in [3.05, 3.63) is 56.0 Å². The summed E-state index contributed by atoms with van der Waals surface area (Å²) in [6.07, 6.45) is 2.15. The molecule has 0 amide bonds. The smallest absolute Gasteiger partial charge is 0.332 e. The Labute approximate surface area is 190 Å². The summed E-state index contributed by atoms with van der Waals surface area (Å²) in [5.41, 5.74) is -0.482. The fraction of sp³-hybridized carbons (Fsp3) is 0.417. The summed E-state index contributed by atoms with van der Waals surface area (Å²) >= 11 is 0. The van der Waals surface area contributed by atoms with Gasteiger partial charge in [0.2, 0.25) is 5.95 Å². The van der Waals surface area contributed by atoms with Crippen LogP contribution in [0.15, 0.2) is 27.8 Å². The highest BCUT2D eigenvalue weighted by Gasteiger charge is 2.26. The second kappa shape index (κ2) is 8.95. The average Bonchev–Trinajstić information content (AvgIpc) is 3.19. The first-order valence-corrected chi connectivity index (χ1v) is 10.9. The number of imidazole rings is 1. The lowest BCUT2D eigenvalue weighted by atomic mass is 10.0. The fourth-order valence-corrected chi connectivity index (χ4v) is 4.42. The maximum atomic E-state index is 14.1. The van der Waals surface area contributed by atoms with Gasteiger partial charge in [-0.25, -0.2) is 9.18 Å². The molecule has 2 aromatic heterocycles. The third-order valence-corrected chi connectivity index (χ3v) is 6.11. The van der Waals surface area contributed by atoms with Crippen LogP contribution in [0.4, 0.5) is 10.3 Å². The van der Waals surface area contributed by atoms with Crippen LogP contribution in [0.2, 0.25) is 0 Å². The van der Waals surface area contributed by atoms with Crippen LogP contribution in [0.1, 0.15) is 37.8 Å². The van der Waals surface area contributed by atoms with Crippen molar-refractivity contribution in [2.75, 3.05) is 18.0 Å². The first-order valence-electron chi connectivity index (χ1n) is 10.9. The zero-order valence-electron chi connectivity index (χ0n) is 18.9. The van der Waals surface area contributed by atoms with Gasteiger partial charge in [0.25, 0.3) is 5.56 Å². The van der Waals surface area contributed by atoms with Crippen molar-refractivity contribution >= 4 is 17.1 Å². The Bertz CT molecular complexity index is 1450. The molecule has 33 heavy (non-hydrogen) atoms. The van der Waals surface area contributed by atoms with Crippen molar-refractivity contribution in [2.45, 2.75) is 39.8 Å². The van der Waals surface area contributed by atoms with Crippen LogP contribution in [0.5, 0.6) is 0 Å². The molecule has 0 unspecified atom stereocenters. The van der Waals surface area contributed by atoms with Crippen molar-refractivity contribution in [1.82, 2.24) is 18.7 Å². The average molecular weight is 449 g/mol. The van der Waals surface area contributed by atoms with Gasteiger partial charge in [-0.1, -0.05) is 25.0 Å². The summed E-state index contributed by atoms with van der Waals surface area (Å²) in [5, 5.41) is 9.36. The van der Waals surface area contributed by atoms with E-state index in [2.05, 4.69) is 23.7 Å². The number of aryl methyl sites for hydroxylation is 1. The minimum atomic E-state index is -0.689. The topological polar surface area (TPSA) is 88.8 Å². The van der Waals surface area contributed by atoms with Crippen molar-refractivity contribution in [2.24, 2.45) is 13.0 Å². The van der Waals surface area contributed by atoms with E-state index < -0.39 is 17.1 Å². The number of halogens is 1. The Balaban J connectivity index is 1.95. The highest BCUT2D eigenvalue weighted by Crippen LogP contribution is 2.25. The third kappa shape index (κ3) is 3.91. The quantitative estimate of drug-likeness (QED) is 0.571. The highest BCUT2D eigenvalue weighted by atomic mass is 19.1. The summed E-state index contributed by atoms with van der Waals surface area (Å²) in [6, 6.07) is 6.00. The molecule has 170 valence electrons. The Morgan fingerprint density at radius 3 is 2.76 bits per heavy atom. The molecule has 3 heterocycles. The number of benzene rings is 1. The van der Waals surface area contributed by atoms with Crippen LogP contribution in [-0.4, -0.2) is 31.8 Å². The van der Waals surface area contributed by atoms with Gasteiger partial charge in [-0.15, -0.1) is 5.92 Å². The summed E-state index contributed by atoms with van der Waals surface area (Å²) in [6.45, 7) is 5.56. The molecule has 1 fully saturated rings. The first-order chi connectivity index (χ1) is 15.9. The standard InChI is InChI=1S/C24H25FN6O2/c1-4-5-12-30-20-21(27-23(30)29-11-7-8-16(2)14-29)28(3)24(33)31(22(20)32)15-17-9-6-10-19(25)18(17)13-26/h6,9-10,16H,7-8,11-12,14-15H2,1-3H3/t16-/m1/s1. The number of hydrogen-bond donors (Lipinski definition) is 0. The van der Waals surface area contributed by atoms with Crippen molar-refractivity contribution < 1.29 is 4.39 Å². The summed E-state index contributed by atoms with van der Waals surface area (Å²) in [5.74, 6) is 6.28. The van der Waals surface area contributed by atoms with Crippen LogP contribution in [0, 0.1) is 34.9 Å². The normalized spacial score (nSPS) is 15.8. The number of aromatic nitrogens is 4. The largest absolute Gasteiger partial charge is 0.342 e. The van der Waals surface area contributed by atoms with Crippen molar-refractivity contribution in [3.8, 4) is 17.9 Å². The van der Waals surface area contributed by atoms with Crippen molar-refractivity contribution in [3.63, 3.8) is 0 Å². The predicted octanol–water partition coefficient (Wildman–Crippen LogP) is 2.22. The van der Waals surface area contributed by atoms with Crippen LogP contribution in [0.25, 0.3) is 11.2 Å². The number of rotatable bonds is 4. The predicted molar refractivity (Wildman–Crippen MR) is 124 cm³/mol. The van der Waals surface area contributed by atoms with Gasteiger partial charge in [0, 0.05) is 20.1 Å². The number of anilines is 1. The SMILES string of the molecule is CC#CCn1c(N2CCC[C@@H](C)C2)nc2c1c(=O)n(Cc1cccc(F)c1C#N)c(=O)n2C. The minimum Gasteiger partial charge on any atom is -0.342 e. The lowest BCUT2D eigenvalue weighted by Crippen LogP contribution is -2.40. The maximum absolute atomic E-state index is 14.1. The molecule has 1 saturated heterocycles. The zero-order chi connectivity index (χ0) is 23.7. The van der Waals surface area contributed by atoms with E-state index in [0.717, 1.165) is 30.5 Å². The third-order valence-electron chi connectivity index (χ3n) is 6.11. The molecule has 0 saturated carbocycles. The monoisotopic (exact) mass is 448 g/mol. The molecular formula is C24H25FN6O2. The number of nitriles is 1. The van der Waals surface area contributed by atoms with Crippen molar-refractivity contribution in [1.29, 1.82) is 5.26 Å². The second-order valence-electron chi connectivity index (χ2n) is 8.41. The molecule has 9 heteroatoms. The second-order valence-corrected chi connectivity index (χ2v) is 8.41. The van der Waals surface area contributed by atoms with E-state index in [4.69, 9.17) is 4.98 Å². The van der Waals surface area contributed by atoms with Crippen LogP contribution in [0.3, 0.4) is 0 Å². The molecule has 0 N–H and O–H groups in total. The number of fused-ring (bicyclic) bond motifs is 1. The van der Waals surface area contributed by atoms with E-state index in [1.165, 1.54) is 22.8 Å². The van der Waals surface area contributed by atoms with Gasteiger partial charge in [-0.3, -0.25) is 18.5 Å². The van der Waals surface area contributed by atoms with Gasteiger partial charge in [-0.2, -0.15) is 10.2 Å². The van der Waals surface area contributed by atoms with Crippen LogP contribution < -0.4 is 16.1 Å². The molecule has 0 bridgehead atoms. The van der Waals surface area contributed by atoms with E-state index in [1.807, 2.05) is 6.07 Å². The maximum Gasteiger partial charge on any atom is 0.332 e. The number of nitrogens with zero attached hydrogens (tertiary/aromatic N) is 6. The summed E-state index contributed by atoms with van der Waals surface area (Å²) in [4.78, 5) is 33.5. The van der Waals surface area contributed by atoms with Gasteiger partial charge < -0.3 is 4.90 Å². The molecule has 1 aliphatic rings. The molecule has 0 aliphatic carbocycles. The Morgan fingerprint density at radius 2 is 2.06 bits per heavy atom. The molecule has 0 radical (unpaired) electrons. The zero-order valence-corrected chi connectivity index (χ0v) is 18.9. The fourth-order valence-electron chi connectivity index (χ4n) is 4.42. The van der Waals surface area contributed by atoms with E-state index in [1.54, 1.807) is 18.5 Å². The highest BCUT2D eigenvalue weighted by molar-refractivity contribution is 5.75. The molecule has 4 rings (SSSR count). The molecule has 8 nitrogen and oxygen atoms in total. The van der Waals surface area contributed by atoms with Gasteiger partial charge in [0.15, 0.2) is 11.2 Å². The van der Waals surface area contributed by atoms with Gasteiger partial charge >= 0.3 is 5.69 Å². The van der Waals surface area contributed by atoms with E-state index >= 15 is 0 Å². The van der Waals surface area contributed by atoms with Crippen LogP contribution >= 0.6 is 0 Å². The van der Waals surface area contributed by atoms with E-state index in [0.29, 0.717) is 11.9 Å². The molecular weight excluding hydrogens is 423 g/mol. The minimum absolute atomic E-state index is 0.181. The lowest BCUT2D eigenvalue weighted by molar-refractivity contribution is 0.439. The first kappa shape index (κ1) is 22.3. The molecule has 3 aromatic rings. The molecule has 0 spiro atoms. The van der Waals surface area contributed by atoms with Gasteiger partial charge in [-0.05, 0) is 37.3 Å².